The Bertz CT molecular complexity index is 571. The van der Waals surface area contributed by atoms with Crippen molar-refractivity contribution in [2.75, 3.05) is 6.54 Å². The van der Waals surface area contributed by atoms with Crippen LogP contribution < -0.4 is 4.72 Å². The zero-order valence-electron chi connectivity index (χ0n) is 9.47. The maximum atomic E-state index is 12.0. The fraction of sp³-hybridized carbons (Fsp3) is 0.455. The van der Waals surface area contributed by atoms with Gasteiger partial charge < -0.3 is 0 Å². The Morgan fingerprint density at radius 2 is 2.29 bits per heavy atom. The van der Waals surface area contributed by atoms with E-state index in [1.54, 1.807) is 6.07 Å². The third kappa shape index (κ3) is 2.62. The van der Waals surface area contributed by atoms with Gasteiger partial charge in [-0.15, -0.1) is 0 Å². The first-order chi connectivity index (χ1) is 7.97. The number of sulfonamides is 1. The minimum atomic E-state index is -3.63. The number of pyridine rings is 1. The van der Waals surface area contributed by atoms with Crippen LogP contribution in [0.25, 0.3) is 0 Å². The van der Waals surface area contributed by atoms with Gasteiger partial charge in [-0.1, -0.05) is 6.92 Å². The number of hydrogen-bond acceptors (Lipinski definition) is 4. The van der Waals surface area contributed by atoms with Crippen LogP contribution in [0.3, 0.4) is 0 Å². The topological polar surface area (TPSA) is 82.8 Å². The fourth-order valence-corrected chi connectivity index (χ4v) is 2.73. The molecule has 0 bridgehead atoms. The Kier molecular flexibility index (Phi) is 2.89. The van der Waals surface area contributed by atoms with Crippen molar-refractivity contribution in [3.8, 4) is 6.07 Å². The monoisotopic (exact) mass is 251 g/mol. The van der Waals surface area contributed by atoms with Gasteiger partial charge in [0, 0.05) is 12.7 Å². The normalized spacial score (nSPS) is 17.4. The van der Waals surface area contributed by atoms with Gasteiger partial charge in [-0.25, -0.2) is 18.1 Å². The van der Waals surface area contributed by atoms with E-state index in [2.05, 4.69) is 9.71 Å². The van der Waals surface area contributed by atoms with Crippen LogP contribution in [0.1, 0.15) is 25.5 Å². The molecule has 5 nitrogen and oxygen atoms in total. The first-order valence-corrected chi connectivity index (χ1v) is 6.80. The molecule has 6 heteroatoms. The van der Waals surface area contributed by atoms with Gasteiger partial charge in [-0.3, -0.25) is 0 Å². The summed E-state index contributed by atoms with van der Waals surface area (Å²) in [7, 11) is -3.63. The molecule has 1 aromatic rings. The first kappa shape index (κ1) is 12.0. The van der Waals surface area contributed by atoms with E-state index in [0.717, 1.165) is 12.8 Å². The second kappa shape index (κ2) is 4.09. The van der Waals surface area contributed by atoms with E-state index in [9.17, 15) is 8.42 Å². The van der Waals surface area contributed by atoms with E-state index < -0.39 is 10.0 Å². The average Bonchev–Trinajstić information content (AvgIpc) is 3.06. The number of rotatable bonds is 4. The Labute approximate surface area is 101 Å². The molecule has 0 aliphatic heterocycles. The molecule has 0 amide bonds. The summed E-state index contributed by atoms with van der Waals surface area (Å²) in [6.45, 7) is 2.44. The number of nitrogens with zero attached hydrogens (tertiary/aromatic N) is 2. The molecule has 1 fully saturated rings. The lowest BCUT2D eigenvalue weighted by atomic mass is 10.2. The second-order valence-electron chi connectivity index (χ2n) is 4.60. The zero-order chi connectivity index (χ0) is 12.5. The summed E-state index contributed by atoms with van der Waals surface area (Å²) in [5.41, 5.74) is 0.0168. The molecule has 1 saturated carbocycles. The lowest BCUT2D eigenvalue weighted by molar-refractivity contribution is 0.530. The smallest absolute Gasteiger partial charge is 0.243 e. The van der Waals surface area contributed by atoms with Gasteiger partial charge in [0.25, 0.3) is 0 Å². The van der Waals surface area contributed by atoms with E-state index in [-0.39, 0.29) is 16.0 Å². The number of aromatic nitrogens is 1. The molecule has 1 heterocycles. The van der Waals surface area contributed by atoms with Crippen LogP contribution in [0.4, 0.5) is 0 Å². The van der Waals surface area contributed by atoms with Gasteiger partial charge in [0.05, 0.1) is 0 Å². The molecule has 1 aromatic heterocycles. The van der Waals surface area contributed by atoms with Gasteiger partial charge in [-0.05, 0) is 30.4 Å². The van der Waals surface area contributed by atoms with E-state index in [0.29, 0.717) is 6.54 Å². The quantitative estimate of drug-likeness (QED) is 0.866. The number of nitriles is 1. The molecule has 0 saturated heterocycles. The van der Waals surface area contributed by atoms with E-state index in [1.807, 2.05) is 6.92 Å². The summed E-state index contributed by atoms with van der Waals surface area (Å²) in [5.74, 6) is 0. The van der Waals surface area contributed by atoms with Gasteiger partial charge in [0.15, 0.2) is 5.69 Å². The summed E-state index contributed by atoms with van der Waals surface area (Å²) in [4.78, 5) is 3.69. The van der Waals surface area contributed by atoms with Crippen molar-refractivity contribution in [1.29, 1.82) is 5.26 Å². The Morgan fingerprint density at radius 3 is 2.88 bits per heavy atom. The zero-order valence-corrected chi connectivity index (χ0v) is 10.3. The molecule has 0 spiro atoms. The third-order valence-electron chi connectivity index (χ3n) is 2.96. The Morgan fingerprint density at radius 1 is 1.59 bits per heavy atom. The maximum absolute atomic E-state index is 12.0. The molecule has 0 radical (unpaired) electrons. The number of hydrogen-bond donors (Lipinski definition) is 1. The molecule has 1 aliphatic carbocycles. The summed E-state index contributed by atoms with van der Waals surface area (Å²) in [5, 5.41) is 8.82. The van der Waals surface area contributed by atoms with Gasteiger partial charge in [0.2, 0.25) is 10.0 Å². The van der Waals surface area contributed by atoms with Gasteiger partial charge in [-0.2, -0.15) is 5.26 Å². The first-order valence-electron chi connectivity index (χ1n) is 5.32. The molecule has 17 heavy (non-hydrogen) atoms. The summed E-state index contributed by atoms with van der Waals surface area (Å²) >= 11 is 0. The lowest BCUT2D eigenvalue weighted by Crippen LogP contribution is -2.29. The molecule has 1 N–H and O–H groups in total. The summed E-state index contributed by atoms with van der Waals surface area (Å²) < 4.78 is 26.5. The molecular weight excluding hydrogens is 238 g/mol. The van der Waals surface area contributed by atoms with E-state index in [1.165, 1.54) is 18.3 Å². The third-order valence-corrected chi connectivity index (χ3v) is 4.39. The molecule has 0 unspecified atom stereocenters. The maximum Gasteiger partial charge on any atom is 0.243 e. The Hall–Kier alpha value is -1.45. The molecule has 90 valence electrons. The SMILES string of the molecule is CC1(CNS(=O)(=O)c2cccnc2C#N)CC1. The van der Waals surface area contributed by atoms with Crippen molar-refractivity contribution in [1.82, 2.24) is 9.71 Å². The Balaban J connectivity index is 2.22. The van der Waals surface area contributed by atoms with Crippen LogP contribution in [0.2, 0.25) is 0 Å². The molecule has 2 rings (SSSR count). The van der Waals surface area contributed by atoms with Crippen LogP contribution in [0.5, 0.6) is 0 Å². The number of nitrogens with one attached hydrogen (secondary N) is 1. The van der Waals surface area contributed by atoms with Gasteiger partial charge in [0.1, 0.15) is 11.0 Å². The highest BCUT2D eigenvalue weighted by molar-refractivity contribution is 7.89. The summed E-state index contributed by atoms with van der Waals surface area (Å²) in [6, 6.07) is 4.68. The fourth-order valence-electron chi connectivity index (χ4n) is 1.43. The minimum Gasteiger partial charge on any atom is -0.244 e. The van der Waals surface area contributed by atoms with Crippen LogP contribution in [0.15, 0.2) is 23.2 Å². The van der Waals surface area contributed by atoms with Crippen molar-refractivity contribution in [3.05, 3.63) is 24.0 Å². The molecule has 0 atom stereocenters. The van der Waals surface area contributed by atoms with Crippen LogP contribution >= 0.6 is 0 Å². The van der Waals surface area contributed by atoms with Crippen LogP contribution in [-0.2, 0) is 10.0 Å². The lowest BCUT2D eigenvalue weighted by Gasteiger charge is -2.11. The largest absolute Gasteiger partial charge is 0.244 e. The van der Waals surface area contributed by atoms with Crippen molar-refractivity contribution >= 4 is 10.0 Å². The molecule has 0 aromatic carbocycles. The molecular formula is C11H13N3O2S. The highest BCUT2D eigenvalue weighted by atomic mass is 32.2. The molecule has 1 aliphatic rings. The van der Waals surface area contributed by atoms with Crippen molar-refractivity contribution in [2.45, 2.75) is 24.7 Å². The highest BCUT2D eigenvalue weighted by Gasteiger charge is 2.38. The van der Waals surface area contributed by atoms with Crippen molar-refractivity contribution < 1.29 is 8.42 Å². The van der Waals surface area contributed by atoms with Crippen LogP contribution in [0, 0.1) is 16.7 Å². The van der Waals surface area contributed by atoms with E-state index >= 15 is 0 Å². The van der Waals surface area contributed by atoms with E-state index in [4.69, 9.17) is 5.26 Å². The predicted molar refractivity (Wildman–Crippen MR) is 61.5 cm³/mol. The second-order valence-corrected chi connectivity index (χ2v) is 6.33. The predicted octanol–water partition coefficient (Wildman–Crippen LogP) is 1.03. The van der Waals surface area contributed by atoms with Crippen LogP contribution in [-0.4, -0.2) is 19.9 Å². The highest BCUT2D eigenvalue weighted by Crippen LogP contribution is 2.44. The van der Waals surface area contributed by atoms with Crippen molar-refractivity contribution in [3.63, 3.8) is 0 Å². The van der Waals surface area contributed by atoms with Gasteiger partial charge >= 0.3 is 0 Å². The summed E-state index contributed by atoms with van der Waals surface area (Å²) in [6.07, 6.45) is 3.47. The minimum absolute atomic E-state index is 0.0493. The van der Waals surface area contributed by atoms with Crippen molar-refractivity contribution in [2.24, 2.45) is 5.41 Å². The standard InChI is InChI=1S/C11H13N3O2S/c1-11(4-5-11)8-14-17(15,16)10-3-2-6-13-9(10)7-12/h2-3,6,14H,4-5,8H2,1H3. The average molecular weight is 251 g/mol.